The average molecular weight is 543 g/mol. The Bertz CT molecular complexity index is 1180. The van der Waals surface area contributed by atoms with E-state index < -0.39 is 10.0 Å². The molecule has 2 aromatic carbocycles. The number of nitrogens with zero attached hydrogens (tertiary/aromatic N) is 1. The maximum Gasteiger partial charge on any atom is 0.261 e. The number of morpholine rings is 1. The fourth-order valence-electron chi connectivity index (χ4n) is 3.65. The predicted molar refractivity (Wildman–Crippen MR) is 138 cm³/mol. The van der Waals surface area contributed by atoms with Crippen molar-refractivity contribution in [1.82, 2.24) is 10.2 Å². The van der Waals surface area contributed by atoms with Gasteiger partial charge in [0.25, 0.3) is 15.9 Å². The van der Waals surface area contributed by atoms with Crippen molar-refractivity contribution in [2.24, 2.45) is 0 Å². The van der Waals surface area contributed by atoms with E-state index >= 15 is 0 Å². The Morgan fingerprint density at radius 2 is 1.76 bits per heavy atom. The molecule has 3 aromatic rings. The molecular formula is C23H25Cl2N3O4S2. The molecule has 1 aromatic heterocycles. The third-order valence-electron chi connectivity index (χ3n) is 5.35. The van der Waals surface area contributed by atoms with Crippen molar-refractivity contribution in [2.75, 3.05) is 37.6 Å². The Labute approximate surface area is 214 Å². The lowest BCUT2D eigenvalue weighted by atomic mass is 10.1. The first-order valence-corrected chi connectivity index (χ1v) is 13.2. The van der Waals surface area contributed by atoms with Crippen LogP contribution in [0.5, 0.6) is 0 Å². The van der Waals surface area contributed by atoms with Crippen molar-refractivity contribution in [2.45, 2.75) is 10.9 Å². The lowest BCUT2D eigenvalue weighted by Crippen LogP contribution is -2.43. The highest BCUT2D eigenvalue weighted by Crippen LogP contribution is 2.26. The number of carbonyl (C=O) groups excluding carboxylic acids is 1. The van der Waals surface area contributed by atoms with E-state index in [0.717, 1.165) is 18.0 Å². The van der Waals surface area contributed by atoms with Crippen molar-refractivity contribution < 1.29 is 17.9 Å². The van der Waals surface area contributed by atoms with E-state index in [1.807, 2.05) is 11.4 Å². The molecule has 1 fully saturated rings. The van der Waals surface area contributed by atoms with Crippen LogP contribution in [0.15, 0.2) is 70.9 Å². The molecule has 1 atom stereocenters. The Kier molecular flexibility index (Phi) is 9.35. The van der Waals surface area contributed by atoms with E-state index in [9.17, 15) is 13.2 Å². The molecule has 1 saturated heterocycles. The molecule has 1 aliphatic heterocycles. The summed E-state index contributed by atoms with van der Waals surface area (Å²) in [6, 6.07) is 16.5. The molecule has 7 nitrogen and oxygen atoms in total. The SMILES string of the molecule is Cl.O=C(NCC(c1cccs1)N1CCOCC1)c1ccccc1NS(=O)(=O)c1ccc(Cl)cc1. The molecule has 0 radical (unpaired) electrons. The smallest absolute Gasteiger partial charge is 0.261 e. The maximum atomic E-state index is 13.1. The number of sulfonamides is 1. The molecule has 2 heterocycles. The van der Waals surface area contributed by atoms with Crippen LogP contribution in [0.1, 0.15) is 21.3 Å². The Morgan fingerprint density at radius 1 is 1.06 bits per heavy atom. The number of para-hydroxylation sites is 1. The van der Waals surface area contributed by atoms with Crippen molar-refractivity contribution >= 4 is 57.0 Å². The standard InChI is InChI=1S/C23H24ClN3O4S2.ClH/c24-17-7-9-18(10-8-17)33(29,30)26-20-5-2-1-4-19(20)23(28)25-16-21(22-6-3-15-32-22)27-11-13-31-14-12-27;/h1-10,15,21,26H,11-14,16H2,(H,25,28);1H. The van der Waals surface area contributed by atoms with Gasteiger partial charge in [-0.15, -0.1) is 23.7 Å². The summed E-state index contributed by atoms with van der Waals surface area (Å²) in [4.78, 5) is 16.6. The van der Waals surface area contributed by atoms with Gasteiger partial charge in [0.05, 0.1) is 35.4 Å². The zero-order valence-electron chi connectivity index (χ0n) is 18.1. The lowest BCUT2D eigenvalue weighted by molar-refractivity contribution is 0.0169. The molecule has 1 aliphatic rings. The van der Waals surface area contributed by atoms with Crippen LogP contribution in [0.4, 0.5) is 5.69 Å². The third kappa shape index (κ3) is 6.50. The fraction of sp³-hybridized carbons (Fsp3) is 0.261. The number of anilines is 1. The zero-order chi connectivity index (χ0) is 23.3. The van der Waals surface area contributed by atoms with Gasteiger partial charge in [-0.3, -0.25) is 14.4 Å². The van der Waals surface area contributed by atoms with E-state index in [1.54, 1.807) is 35.6 Å². The second kappa shape index (κ2) is 12.0. The third-order valence-corrected chi connectivity index (χ3v) is 7.96. The van der Waals surface area contributed by atoms with Gasteiger partial charge in [-0.2, -0.15) is 0 Å². The van der Waals surface area contributed by atoms with Crippen LogP contribution in [0.3, 0.4) is 0 Å². The van der Waals surface area contributed by atoms with Crippen LogP contribution in [0.25, 0.3) is 0 Å². The Balaban J connectivity index is 0.00000324. The lowest BCUT2D eigenvalue weighted by Gasteiger charge is -2.34. The summed E-state index contributed by atoms with van der Waals surface area (Å²) in [5.41, 5.74) is 0.464. The minimum Gasteiger partial charge on any atom is -0.379 e. The number of thiophene rings is 1. The van der Waals surface area contributed by atoms with Crippen molar-refractivity contribution in [3.05, 3.63) is 81.5 Å². The number of halogens is 2. The monoisotopic (exact) mass is 541 g/mol. The number of ether oxygens (including phenoxy) is 1. The van der Waals surface area contributed by atoms with Crippen molar-refractivity contribution in [1.29, 1.82) is 0 Å². The maximum absolute atomic E-state index is 13.1. The first-order chi connectivity index (χ1) is 15.9. The van der Waals surface area contributed by atoms with E-state index in [0.29, 0.717) is 24.8 Å². The summed E-state index contributed by atoms with van der Waals surface area (Å²) in [6.07, 6.45) is 0. The van der Waals surface area contributed by atoms with Crippen LogP contribution in [0.2, 0.25) is 5.02 Å². The van der Waals surface area contributed by atoms with Gasteiger partial charge in [-0.1, -0.05) is 29.8 Å². The second-order valence-corrected chi connectivity index (χ2v) is 10.6. The summed E-state index contributed by atoms with van der Waals surface area (Å²) in [5, 5.41) is 5.45. The zero-order valence-corrected chi connectivity index (χ0v) is 21.4. The quantitative estimate of drug-likeness (QED) is 0.440. The van der Waals surface area contributed by atoms with Gasteiger partial charge in [0.15, 0.2) is 0 Å². The Hall–Kier alpha value is -2.14. The minimum atomic E-state index is -3.88. The van der Waals surface area contributed by atoms with Crippen molar-refractivity contribution in [3.8, 4) is 0 Å². The van der Waals surface area contributed by atoms with Gasteiger partial charge < -0.3 is 10.1 Å². The van der Waals surface area contributed by atoms with Gasteiger partial charge in [-0.25, -0.2) is 8.42 Å². The molecule has 2 N–H and O–H groups in total. The summed E-state index contributed by atoms with van der Waals surface area (Å²) in [6.45, 7) is 3.29. The van der Waals surface area contributed by atoms with Gasteiger partial charge in [0.2, 0.25) is 0 Å². The number of amides is 1. The topological polar surface area (TPSA) is 87.7 Å². The number of rotatable bonds is 8. The molecule has 0 saturated carbocycles. The molecule has 34 heavy (non-hydrogen) atoms. The van der Waals surface area contributed by atoms with Gasteiger partial charge in [0.1, 0.15) is 0 Å². The van der Waals surface area contributed by atoms with E-state index in [4.69, 9.17) is 16.3 Å². The molecule has 0 spiro atoms. The number of hydrogen-bond donors (Lipinski definition) is 2. The second-order valence-electron chi connectivity index (χ2n) is 7.49. The molecule has 11 heteroatoms. The fourth-order valence-corrected chi connectivity index (χ4v) is 5.72. The minimum absolute atomic E-state index is 0. The number of nitrogens with one attached hydrogen (secondary N) is 2. The van der Waals surface area contributed by atoms with Crippen LogP contribution >= 0.6 is 35.3 Å². The molecule has 1 unspecified atom stereocenters. The summed E-state index contributed by atoms with van der Waals surface area (Å²) in [5.74, 6) is -0.348. The normalized spacial score (nSPS) is 15.2. The predicted octanol–water partition coefficient (Wildman–Crippen LogP) is 4.43. The molecule has 4 rings (SSSR count). The van der Waals surface area contributed by atoms with Crippen LogP contribution in [0, 0.1) is 0 Å². The van der Waals surface area contributed by atoms with E-state index in [1.165, 1.54) is 24.3 Å². The average Bonchev–Trinajstić information content (AvgIpc) is 3.35. The van der Waals surface area contributed by atoms with Crippen LogP contribution < -0.4 is 10.0 Å². The van der Waals surface area contributed by atoms with Gasteiger partial charge in [-0.05, 0) is 47.8 Å². The highest BCUT2D eigenvalue weighted by molar-refractivity contribution is 7.92. The van der Waals surface area contributed by atoms with E-state index in [-0.39, 0.29) is 40.5 Å². The highest BCUT2D eigenvalue weighted by Gasteiger charge is 2.25. The molecule has 1 amide bonds. The highest BCUT2D eigenvalue weighted by atomic mass is 35.5. The number of benzene rings is 2. The largest absolute Gasteiger partial charge is 0.379 e. The van der Waals surface area contributed by atoms with E-state index in [2.05, 4.69) is 21.0 Å². The summed E-state index contributed by atoms with van der Waals surface area (Å²) < 4.78 is 33.6. The van der Waals surface area contributed by atoms with Crippen LogP contribution in [-0.4, -0.2) is 52.1 Å². The van der Waals surface area contributed by atoms with Gasteiger partial charge in [0, 0.05) is 29.5 Å². The molecule has 0 bridgehead atoms. The van der Waals surface area contributed by atoms with Crippen molar-refractivity contribution in [3.63, 3.8) is 0 Å². The molecular weight excluding hydrogens is 517 g/mol. The number of carbonyl (C=O) groups is 1. The number of hydrogen-bond acceptors (Lipinski definition) is 6. The summed E-state index contributed by atoms with van der Waals surface area (Å²) >= 11 is 7.51. The molecule has 182 valence electrons. The van der Waals surface area contributed by atoms with Crippen LogP contribution in [-0.2, 0) is 14.8 Å². The summed E-state index contributed by atoms with van der Waals surface area (Å²) in [7, 11) is -3.88. The van der Waals surface area contributed by atoms with Gasteiger partial charge >= 0.3 is 0 Å². The first kappa shape index (κ1) is 26.5. The first-order valence-electron chi connectivity index (χ1n) is 10.4. The molecule has 0 aliphatic carbocycles. The Morgan fingerprint density at radius 3 is 2.44 bits per heavy atom.